The molecule has 0 aliphatic rings. The summed E-state index contributed by atoms with van der Waals surface area (Å²) in [5.74, 6) is 0.956. The van der Waals surface area contributed by atoms with Gasteiger partial charge in [0.05, 0.1) is 6.61 Å². The summed E-state index contributed by atoms with van der Waals surface area (Å²) in [6, 6.07) is 6.13. The predicted octanol–water partition coefficient (Wildman–Crippen LogP) is 3.36. The first-order valence-corrected chi connectivity index (χ1v) is 7.18. The summed E-state index contributed by atoms with van der Waals surface area (Å²) >= 11 is 3.50. The fourth-order valence-electron chi connectivity index (χ4n) is 1.61. The van der Waals surface area contributed by atoms with Crippen molar-refractivity contribution in [1.82, 2.24) is 5.32 Å². The zero-order valence-electron chi connectivity index (χ0n) is 11.2. The highest BCUT2D eigenvalue weighted by Crippen LogP contribution is 2.23. The minimum absolute atomic E-state index is 0.691. The lowest BCUT2D eigenvalue weighted by Crippen LogP contribution is -2.15. The van der Waals surface area contributed by atoms with Gasteiger partial charge in [0.25, 0.3) is 0 Å². The van der Waals surface area contributed by atoms with Crippen molar-refractivity contribution in [2.45, 2.75) is 26.3 Å². The van der Waals surface area contributed by atoms with Gasteiger partial charge in [-0.05, 0) is 31.2 Å². The average molecular weight is 316 g/mol. The van der Waals surface area contributed by atoms with Crippen LogP contribution in [0.5, 0.6) is 5.75 Å². The molecule has 1 rings (SSSR count). The van der Waals surface area contributed by atoms with Gasteiger partial charge in [-0.1, -0.05) is 22.9 Å². The minimum atomic E-state index is 0.691. The Hall–Kier alpha value is -0.580. The Labute approximate surface area is 118 Å². The van der Waals surface area contributed by atoms with Crippen molar-refractivity contribution in [1.29, 1.82) is 0 Å². The lowest BCUT2D eigenvalue weighted by atomic mass is 10.2. The van der Waals surface area contributed by atoms with Crippen molar-refractivity contribution >= 4 is 15.9 Å². The largest absolute Gasteiger partial charge is 0.493 e. The SMILES string of the molecule is CCCNCc1cc(Br)ccc1OCCCOC. The number of hydrogen-bond acceptors (Lipinski definition) is 3. The van der Waals surface area contributed by atoms with Gasteiger partial charge in [0.15, 0.2) is 0 Å². The first-order valence-electron chi connectivity index (χ1n) is 6.38. The third kappa shape index (κ3) is 5.85. The second-order valence-corrected chi connectivity index (χ2v) is 5.04. The van der Waals surface area contributed by atoms with E-state index < -0.39 is 0 Å². The van der Waals surface area contributed by atoms with E-state index in [9.17, 15) is 0 Å². The number of methoxy groups -OCH3 is 1. The summed E-state index contributed by atoms with van der Waals surface area (Å²) in [4.78, 5) is 0. The molecule has 0 heterocycles. The lowest BCUT2D eigenvalue weighted by molar-refractivity contribution is 0.171. The highest BCUT2D eigenvalue weighted by Gasteiger charge is 2.04. The first kappa shape index (κ1) is 15.5. The smallest absolute Gasteiger partial charge is 0.123 e. The Balaban J connectivity index is 2.52. The van der Waals surface area contributed by atoms with Gasteiger partial charge in [-0.15, -0.1) is 0 Å². The number of halogens is 1. The summed E-state index contributed by atoms with van der Waals surface area (Å²) in [5.41, 5.74) is 1.19. The third-order valence-electron chi connectivity index (χ3n) is 2.52. The summed E-state index contributed by atoms with van der Waals surface area (Å²) in [6.45, 7) is 5.45. The van der Waals surface area contributed by atoms with E-state index in [0.717, 1.165) is 42.8 Å². The maximum atomic E-state index is 5.78. The van der Waals surface area contributed by atoms with Gasteiger partial charge >= 0.3 is 0 Å². The van der Waals surface area contributed by atoms with Gasteiger partial charge in [-0.3, -0.25) is 0 Å². The molecule has 3 nitrogen and oxygen atoms in total. The molecule has 0 atom stereocenters. The van der Waals surface area contributed by atoms with E-state index in [1.54, 1.807) is 7.11 Å². The summed E-state index contributed by atoms with van der Waals surface area (Å²) in [6.07, 6.45) is 2.05. The van der Waals surface area contributed by atoms with Gasteiger partial charge in [0.2, 0.25) is 0 Å². The minimum Gasteiger partial charge on any atom is -0.493 e. The van der Waals surface area contributed by atoms with Crippen molar-refractivity contribution in [2.75, 3.05) is 26.9 Å². The van der Waals surface area contributed by atoms with E-state index >= 15 is 0 Å². The molecule has 0 saturated heterocycles. The van der Waals surface area contributed by atoms with Crippen molar-refractivity contribution in [3.8, 4) is 5.75 Å². The molecular formula is C14H22BrNO2. The van der Waals surface area contributed by atoms with Crippen LogP contribution >= 0.6 is 15.9 Å². The van der Waals surface area contributed by atoms with Gasteiger partial charge in [-0.25, -0.2) is 0 Å². The van der Waals surface area contributed by atoms with E-state index in [0.29, 0.717) is 6.61 Å². The molecule has 0 unspecified atom stereocenters. The van der Waals surface area contributed by atoms with E-state index in [-0.39, 0.29) is 0 Å². The molecule has 0 amide bonds. The Morgan fingerprint density at radius 2 is 2.11 bits per heavy atom. The van der Waals surface area contributed by atoms with E-state index in [1.165, 1.54) is 5.56 Å². The standard InChI is InChI=1S/C14H22BrNO2/c1-3-7-16-11-12-10-13(15)5-6-14(12)18-9-4-8-17-2/h5-6,10,16H,3-4,7-9,11H2,1-2H3. The Kier molecular flexibility index (Phi) is 8.05. The molecule has 0 saturated carbocycles. The molecule has 0 fully saturated rings. The lowest BCUT2D eigenvalue weighted by Gasteiger charge is -2.12. The topological polar surface area (TPSA) is 30.5 Å². The van der Waals surface area contributed by atoms with Gasteiger partial charge < -0.3 is 14.8 Å². The van der Waals surface area contributed by atoms with Crippen molar-refractivity contribution in [3.05, 3.63) is 28.2 Å². The van der Waals surface area contributed by atoms with Crippen LogP contribution in [0.15, 0.2) is 22.7 Å². The molecule has 4 heteroatoms. The monoisotopic (exact) mass is 315 g/mol. The molecule has 1 aromatic rings. The van der Waals surface area contributed by atoms with E-state index in [2.05, 4.69) is 34.2 Å². The van der Waals surface area contributed by atoms with Crippen LogP contribution < -0.4 is 10.1 Å². The molecule has 18 heavy (non-hydrogen) atoms. The molecule has 1 aromatic carbocycles. The highest BCUT2D eigenvalue weighted by atomic mass is 79.9. The summed E-state index contributed by atoms with van der Waals surface area (Å²) < 4.78 is 11.9. The Morgan fingerprint density at radius 1 is 1.28 bits per heavy atom. The summed E-state index contributed by atoms with van der Waals surface area (Å²) in [7, 11) is 1.71. The molecule has 0 bridgehead atoms. The maximum absolute atomic E-state index is 5.78. The number of hydrogen-bond donors (Lipinski definition) is 1. The predicted molar refractivity (Wildman–Crippen MR) is 78.1 cm³/mol. The van der Waals surface area contributed by atoms with Crippen LogP contribution in [-0.4, -0.2) is 26.9 Å². The molecule has 0 aliphatic heterocycles. The van der Waals surface area contributed by atoms with Crippen LogP contribution in [0, 0.1) is 0 Å². The molecule has 102 valence electrons. The van der Waals surface area contributed by atoms with Crippen LogP contribution in [0.3, 0.4) is 0 Å². The molecule has 0 aromatic heterocycles. The number of nitrogens with one attached hydrogen (secondary N) is 1. The van der Waals surface area contributed by atoms with Crippen LogP contribution in [-0.2, 0) is 11.3 Å². The van der Waals surface area contributed by atoms with E-state index in [1.807, 2.05) is 12.1 Å². The Bertz CT molecular complexity index is 345. The van der Waals surface area contributed by atoms with E-state index in [4.69, 9.17) is 9.47 Å². The number of ether oxygens (including phenoxy) is 2. The fourth-order valence-corrected chi connectivity index (χ4v) is 2.02. The van der Waals surface area contributed by atoms with Crippen LogP contribution in [0.2, 0.25) is 0 Å². The maximum Gasteiger partial charge on any atom is 0.123 e. The quantitative estimate of drug-likeness (QED) is 0.709. The normalized spacial score (nSPS) is 10.6. The second kappa shape index (κ2) is 9.36. The van der Waals surface area contributed by atoms with Crippen molar-refractivity contribution in [3.63, 3.8) is 0 Å². The fraction of sp³-hybridized carbons (Fsp3) is 0.571. The zero-order chi connectivity index (χ0) is 13.2. The van der Waals surface area contributed by atoms with Gasteiger partial charge in [0, 0.05) is 36.7 Å². The molecule has 0 aliphatic carbocycles. The Morgan fingerprint density at radius 3 is 2.83 bits per heavy atom. The number of rotatable bonds is 9. The van der Waals surface area contributed by atoms with Gasteiger partial charge in [-0.2, -0.15) is 0 Å². The summed E-state index contributed by atoms with van der Waals surface area (Å²) in [5, 5.41) is 3.40. The van der Waals surface area contributed by atoms with Crippen LogP contribution in [0.25, 0.3) is 0 Å². The molecule has 0 spiro atoms. The van der Waals surface area contributed by atoms with Crippen molar-refractivity contribution in [2.24, 2.45) is 0 Å². The second-order valence-electron chi connectivity index (χ2n) is 4.12. The first-order chi connectivity index (χ1) is 8.77. The average Bonchev–Trinajstić information content (AvgIpc) is 2.37. The number of benzene rings is 1. The third-order valence-corrected chi connectivity index (χ3v) is 3.01. The highest BCUT2D eigenvalue weighted by molar-refractivity contribution is 9.10. The molecular weight excluding hydrogens is 294 g/mol. The molecule has 0 radical (unpaired) electrons. The van der Waals surface area contributed by atoms with Crippen molar-refractivity contribution < 1.29 is 9.47 Å². The van der Waals surface area contributed by atoms with Gasteiger partial charge in [0.1, 0.15) is 5.75 Å². The molecule has 1 N–H and O–H groups in total. The zero-order valence-corrected chi connectivity index (χ0v) is 12.8. The van der Waals surface area contributed by atoms with Crippen LogP contribution in [0.1, 0.15) is 25.3 Å². The van der Waals surface area contributed by atoms with Crippen LogP contribution in [0.4, 0.5) is 0 Å².